The van der Waals surface area contributed by atoms with Crippen LogP contribution in [0.1, 0.15) is 335 Å². The third-order valence-electron chi connectivity index (χ3n) is 16.1. The first-order chi connectivity index (χ1) is 35.8. The van der Waals surface area contributed by atoms with Gasteiger partial charge in [-0.25, -0.2) is 0 Å². The summed E-state index contributed by atoms with van der Waals surface area (Å²) < 4.78 is 11.2. The van der Waals surface area contributed by atoms with Crippen molar-refractivity contribution >= 4 is 5.91 Å². The van der Waals surface area contributed by atoms with Gasteiger partial charge in [-0.3, -0.25) is 4.79 Å². The number of ether oxygens (including phenoxy) is 2. The van der Waals surface area contributed by atoms with Gasteiger partial charge in [-0.15, -0.1) is 0 Å². The van der Waals surface area contributed by atoms with Crippen LogP contribution in [0.25, 0.3) is 0 Å². The molecule has 0 radical (unpaired) electrons. The van der Waals surface area contributed by atoms with Crippen molar-refractivity contribution in [2.24, 2.45) is 0 Å². The van der Waals surface area contributed by atoms with Crippen LogP contribution in [0.15, 0.2) is 0 Å². The summed E-state index contributed by atoms with van der Waals surface area (Å²) >= 11 is 0. The Balaban J connectivity index is 2.06. The largest absolute Gasteiger partial charge is 0.394 e. The first-order valence-corrected chi connectivity index (χ1v) is 32.3. The molecule has 1 aliphatic heterocycles. The molecule has 73 heavy (non-hydrogen) atoms. The maximum absolute atomic E-state index is 13.1. The van der Waals surface area contributed by atoms with Gasteiger partial charge in [0.2, 0.25) is 5.91 Å². The molecule has 0 aliphatic carbocycles. The van der Waals surface area contributed by atoms with E-state index < -0.39 is 55.6 Å². The monoisotopic (exact) mass is 1040 g/mol. The zero-order valence-electron chi connectivity index (χ0n) is 48.3. The van der Waals surface area contributed by atoms with Crippen LogP contribution in [-0.4, -0.2) is 98.7 Å². The minimum atomic E-state index is -1.60. The Kier molecular flexibility index (Phi) is 51.1. The number of aliphatic hydroxyl groups excluding tert-OH is 6. The highest BCUT2D eigenvalue weighted by Gasteiger charge is 2.44. The van der Waals surface area contributed by atoms with E-state index in [0.717, 1.165) is 38.5 Å². The van der Waals surface area contributed by atoms with Gasteiger partial charge in [-0.05, 0) is 12.8 Å². The molecule has 436 valence electrons. The van der Waals surface area contributed by atoms with Crippen molar-refractivity contribution in [1.29, 1.82) is 0 Å². The van der Waals surface area contributed by atoms with Crippen molar-refractivity contribution < 1.29 is 44.9 Å². The van der Waals surface area contributed by atoms with E-state index in [1.165, 1.54) is 270 Å². The standard InChI is InChI=1S/C63H125NO9/c1-3-5-7-9-11-13-15-17-18-19-20-21-22-23-24-25-26-27-28-29-30-31-32-33-34-35-36-37-38-39-40-42-44-46-48-50-52-58(67)64-55(54-72-63-62(71)61(70)60(69)57(53-65)73-63)59(68)56(66)51-49-47-45-43-41-16-14-12-10-8-6-4-2/h55-57,59-63,65-66,68-71H,3-54H2,1-2H3,(H,64,67)/t55-,56+,57+,59-,60+,61?,62?,63+/m0/s1. The van der Waals surface area contributed by atoms with Gasteiger partial charge in [-0.2, -0.15) is 0 Å². The Labute approximate surface area is 451 Å². The summed E-state index contributed by atoms with van der Waals surface area (Å²) in [4.78, 5) is 13.1. The van der Waals surface area contributed by atoms with Crippen LogP contribution in [0, 0.1) is 0 Å². The summed E-state index contributed by atoms with van der Waals surface area (Å²) in [5, 5.41) is 65.5. The van der Waals surface area contributed by atoms with Crippen molar-refractivity contribution in [2.75, 3.05) is 13.2 Å². The summed E-state index contributed by atoms with van der Waals surface area (Å²) in [5.41, 5.74) is 0. The zero-order valence-corrected chi connectivity index (χ0v) is 48.3. The first kappa shape index (κ1) is 70.2. The molecule has 0 aromatic carbocycles. The van der Waals surface area contributed by atoms with Crippen LogP contribution in [0.2, 0.25) is 0 Å². The Bertz CT molecular complexity index is 1130. The van der Waals surface area contributed by atoms with Crippen molar-refractivity contribution in [2.45, 2.75) is 384 Å². The lowest BCUT2D eigenvalue weighted by Crippen LogP contribution is -2.60. The molecule has 0 aromatic rings. The van der Waals surface area contributed by atoms with E-state index in [1.807, 2.05) is 0 Å². The highest BCUT2D eigenvalue weighted by atomic mass is 16.7. The molecule has 1 aliphatic rings. The van der Waals surface area contributed by atoms with Crippen molar-refractivity contribution in [3.8, 4) is 0 Å². The molecule has 8 atom stereocenters. The SMILES string of the molecule is CCCCCCCCCCCCCCCCCCCCCCCCCCCCCCCCCCCCCCC(=O)N[C@@H](CO[C@@H]1O[C@H](CO)[C@@H](O)C(O)C1O)[C@H](O)[C@H](O)CCCCCCCCCCCCCC. The van der Waals surface area contributed by atoms with Gasteiger partial charge in [0.15, 0.2) is 6.29 Å². The summed E-state index contributed by atoms with van der Waals surface area (Å²) in [6.07, 6.45) is 54.6. The molecule has 1 fully saturated rings. The molecule has 2 unspecified atom stereocenters. The summed E-state index contributed by atoms with van der Waals surface area (Å²) in [6.45, 7) is 3.65. The third-order valence-corrected chi connectivity index (χ3v) is 16.1. The molecule has 0 spiro atoms. The number of hydrogen-bond acceptors (Lipinski definition) is 9. The Morgan fingerprint density at radius 2 is 0.712 bits per heavy atom. The van der Waals surface area contributed by atoms with Gasteiger partial charge in [0.25, 0.3) is 0 Å². The molecule has 7 N–H and O–H groups in total. The number of amides is 1. The summed E-state index contributed by atoms with van der Waals surface area (Å²) in [5.74, 6) is -0.250. The fourth-order valence-electron chi connectivity index (χ4n) is 10.9. The molecule has 0 aromatic heterocycles. The van der Waals surface area contributed by atoms with Crippen molar-refractivity contribution in [1.82, 2.24) is 5.32 Å². The summed E-state index contributed by atoms with van der Waals surface area (Å²) in [6, 6.07) is -0.986. The van der Waals surface area contributed by atoms with E-state index in [9.17, 15) is 35.4 Å². The maximum Gasteiger partial charge on any atom is 0.220 e. The minimum absolute atomic E-state index is 0.250. The first-order valence-electron chi connectivity index (χ1n) is 32.3. The highest BCUT2D eigenvalue weighted by molar-refractivity contribution is 5.76. The smallest absolute Gasteiger partial charge is 0.220 e. The third kappa shape index (κ3) is 41.9. The minimum Gasteiger partial charge on any atom is -0.394 e. The number of nitrogens with one attached hydrogen (secondary N) is 1. The number of hydrogen-bond donors (Lipinski definition) is 7. The van der Waals surface area contributed by atoms with Gasteiger partial charge >= 0.3 is 0 Å². The fourth-order valence-corrected chi connectivity index (χ4v) is 10.9. The van der Waals surface area contributed by atoms with Crippen LogP contribution in [0.5, 0.6) is 0 Å². The average Bonchev–Trinajstić information content (AvgIpc) is 3.39. The fraction of sp³-hybridized carbons (Fsp3) is 0.984. The lowest BCUT2D eigenvalue weighted by molar-refractivity contribution is -0.303. The lowest BCUT2D eigenvalue weighted by Gasteiger charge is -2.40. The number of carbonyl (C=O) groups excluding carboxylic acids is 1. The molecular formula is C63H125NO9. The quantitative estimate of drug-likeness (QED) is 0.0293. The Hall–Kier alpha value is -0.850. The average molecular weight is 1040 g/mol. The van der Waals surface area contributed by atoms with Crippen LogP contribution < -0.4 is 5.32 Å². The highest BCUT2D eigenvalue weighted by Crippen LogP contribution is 2.24. The van der Waals surface area contributed by atoms with Crippen LogP contribution in [0.3, 0.4) is 0 Å². The second kappa shape index (κ2) is 53.2. The van der Waals surface area contributed by atoms with E-state index in [0.29, 0.717) is 6.42 Å². The van der Waals surface area contributed by atoms with E-state index in [4.69, 9.17) is 9.47 Å². The Morgan fingerprint density at radius 3 is 1.01 bits per heavy atom. The topological polar surface area (TPSA) is 169 Å². The van der Waals surface area contributed by atoms with Gasteiger partial charge in [0.05, 0.1) is 25.4 Å². The predicted octanol–water partition coefficient (Wildman–Crippen LogP) is 15.6. The van der Waals surface area contributed by atoms with Crippen molar-refractivity contribution in [3.63, 3.8) is 0 Å². The number of aliphatic hydroxyl groups is 6. The second-order valence-electron chi connectivity index (χ2n) is 23.1. The van der Waals surface area contributed by atoms with E-state index in [1.54, 1.807) is 0 Å². The molecule has 10 nitrogen and oxygen atoms in total. The predicted molar refractivity (Wildman–Crippen MR) is 306 cm³/mol. The number of unbranched alkanes of at least 4 members (excludes halogenated alkanes) is 46. The van der Waals surface area contributed by atoms with Gasteiger partial charge < -0.3 is 45.4 Å². The molecule has 1 saturated heterocycles. The molecular weight excluding hydrogens is 915 g/mol. The normalized spacial score (nSPS) is 19.4. The van der Waals surface area contributed by atoms with Crippen LogP contribution >= 0.6 is 0 Å². The van der Waals surface area contributed by atoms with Gasteiger partial charge in [0, 0.05) is 6.42 Å². The second-order valence-corrected chi connectivity index (χ2v) is 23.1. The van der Waals surface area contributed by atoms with Crippen molar-refractivity contribution in [3.05, 3.63) is 0 Å². The van der Waals surface area contributed by atoms with E-state index in [-0.39, 0.29) is 18.9 Å². The lowest BCUT2D eigenvalue weighted by atomic mass is 9.98. The molecule has 1 heterocycles. The molecule has 1 amide bonds. The zero-order chi connectivity index (χ0) is 53.1. The van der Waals surface area contributed by atoms with Gasteiger partial charge in [0.1, 0.15) is 30.5 Å². The van der Waals surface area contributed by atoms with E-state index >= 15 is 0 Å². The maximum atomic E-state index is 13.1. The number of rotatable bonds is 57. The number of carbonyl (C=O) groups is 1. The molecule has 0 bridgehead atoms. The molecule has 0 saturated carbocycles. The van der Waals surface area contributed by atoms with Gasteiger partial charge in [-0.1, -0.05) is 316 Å². The van der Waals surface area contributed by atoms with Crippen LogP contribution in [-0.2, 0) is 14.3 Å². The molecule has 1 rings (SSSR count). The summed E-state index contributed by atoms with van der Waals surface area (Å²) in [7, 11) is 0. The van der Waals surface area contributed by atoms with E-state index in [2.05, 4.69) is 19.2 Å². The Morgan fingerprint density at radius 1 is 0.425 bits per heavy atom. The van der Waals surface area contributed by atoms with Crippen LogP contribution in [0.4, 0.5) is 0 Å². The molecule has 10 heteroatoms.